The Bertz CT molecular complexity index is 339. The van der Waals surface area contributed by atoms with E-state index < -0.39 is 12.0 Å². The topological polar surface area (TPSA) is 64.3 Å². The molecule has 0 aliphatic carbocycles. The van der Waals surface area contributed by atoms with Gasteiger partial charge in [-0.05, 0) is 31.7 Å². The molecule has 1 unspecified atom stereocenters. The van der Waals surface area contributed by atoms with Gasteiger partial charge in [-0.1, -0.05) is 12.1 Å². The molecule has 1 aromatic rings. The van der Waals surface area contributed by atoms with E-state index in [1.807, 2.05) is 25.2 Å². The largest absolute Gasteiger partial charge is 0.481 e. The second kappa shape index (κ2) is 5.36. The van der Waals surface area contributed by atoms with Crippen LogP contribution in [0.5, 0.6) is 5.75 Å². The molecule has 1 aromatic carbocycles. The van der Waals surface area contributed by atoms with E-state index in [4.69, 9.17) is 10.5 Å². The van der Waals surface area contributed by atoms with Crippen LogP contribution < -0.4 is 15.8 Å². The summed E-state index contributed by atoms with van der Waals surface area (Å²) in [5.74, 6) is 0.197. The molecule has 3 N–H and O–H groups in total. The van der Waals surface area contributed by atoms with Gasteiger partial charge >= 0.3 is 0 Å². The first-order valence-electron chi connectivity index (χ1n) is 4.83. The molecule has 1 rings (SSSR count). The minimum absolute atomic E-state index is 0.464. The zero-order valence-electron chi connectivity index (χ0n) is 8.99. The van der Waals surface area contributed by atoms with Crippen LogP contribution in [0.2, 0.25) is 0 Å². The lowest BCUT2D eigenvalue weighted by Crippen LogP contribution is -2.30. The van der Waals surface area contributed by atoms with Gasteiger partial charge in [-0.15, -0.1) is 0 Å². The molecule has 15 heavy (non-hydrogen) atoms. The number of amides is 1. The van der Waals surface area contributed by atoms with Crippen molar-refractivity contribution in [3.8, 4) is 5.75 Å². The maximum Gasteiger partial charge on any atom is 0.258 e. The van der Waals surface area contributed by atoms with Crippen molar-refractivity contribution in [2.45, 2.75) is 19.6 Å². The molecule has 0 saturated heterocycles. The fraction of sp³-hybridized carbons (Fsp3) is 0.364. The van der Waals surface area contributed by atoms with E-state index in [0.29, 0.717) is 5.75 Å². The minimum atomic E-state index is -0.602. The molecule has 0 saturated carbocycles. The summed E-state index contributed by atoms with van der Waals surface area (Å²) in [6.45, 7) is 2.40. The Hall–Kier alpha value is -1.55. The summed E-state index contributed by atoms with van der Waals surface area (Å²) in [4.78, 5) is 10.8. The van der Waals surface area contributed by atoms with Crippen molar-refractivity contribution >= 4 is 5.91 Å². The summed E-state index contributed by atoms with van der Waals surface area (Å²) in [7, 11) is 1.87. The smallest absolute Gasteiger partial charge is 0.258 e. The predicted octanol–water partition coefficient (Wildman–Crippen LogP) is 0.659. The molecule has 4 heteroatoms. The van der Waals surface area contributed by atoms with E-state index in [0.717, 1.165) is 12.1 Å². The van der Waals surface area contributed by atoms with Gasteiger partial charge < -0.3 is 15.8 Å². The molecule has 4 nitrogen and oxygen atoms in total. The van der Waals surface area contributed by atoms with E-state index in [2.05, 4.69) is 5.32 Å². The first kappa shape index (κ1) is 11.5. The van der Waals surface area contributed by atoms with Crippen molar-refractivity contribution in [2.24, 2.45) is 5.73 Å². The second-order valence-electron chi connectivity index (χ2n) is 3.34. The Balaban J connectivity index is 2.68. The van der Waals surface area contributed by atoms with Crippen LogP contribution in [-0.2, 0) is 11.3 Å². The summed E-state index contributed by atoms with van der Waals surface area (Å²) in [6.07, 6.45) is -0.602. The normalized spacial score (nSPS) is 12.1. The van der Waals surface area contributed by atoms with Crippen molar-refractivity contribution in [2.75, 3.05) is 7.05 Å². The fourth-order valence-electron chi connectivity index (χ4n) is 1.20. The highest BCUT2D eigenvalue weighted by atomic mass is 16.5. The Morgan fingerprint density at radius 3 is 2.93 bits per heavy atom. The van der Waals surface area contributed by atoms with Crippen molar-refractivity contribution in [3.05, 3.63) is 29.8 Å². The number of hydrogen-bond donors (Lipinski definition) is 2. The van der Waals surface area contributed by atoms with Gasteiger partial charge in [0.05, 0.1) is 0 Å². The zero-order valence-corrected chi connectivity index (χ0v) is 8.99. The van der Waals surface area contributed by atoms with Gasteiger partial charge in [-0.2, -0.15) is 0 Å². The van der Waals surface area contributed by atoms with Crippen LogP contribution in [0.25, 0.3) is 0 Å². The molecule has 0 fully saturated rings. The summed E-state index contributed by atoms with van der Waals surface area (Å²) in [6, 6.07) is 7.56. The van der Waals surface area contributed by atoms with E-state index in [9.17, 15) is 4.79 Å². The summed E-state index contributed by atoms with van der Waals surface area (Å²) in [5, 5.41) is 3.04. The van der Waals surface area contributed by atoms with E-state index in [1.54, 1.807) is 13.0 Å². The SMILES string of the molecule is CNCc1cccc(OC(C)C(N)=O)c1. The first-order chi connectivity index (χ1) is 7.13. The van der Waals surface area contributed by atoms with Crippen molar-refractivity contribution in [3.63, 3.8) is 0 Å². The van der Waals surface area contributed by atoms with Crippen LogP contribution in [0.15, 0.2) is 24.3 Å². The van der Waals surface area contributed by atoms with Crippen LogP contribution in [0.1, 0.15) is 12.5 Å². The molecule has 1 amide bonds. The van der Waals surface area contributed by atoms with Gasteiger partial charge in [-0.3, -0.25) is 4.79 Å². The van der Waals surface area contributed by atoms with Gasteiger partial charge in [0.15, 0.2) is 6.10 Å². The number of primary amides is 1. The maximum atomic E-state index is 10.8. The molecule has 1 atom stereocenters. The highest BCUT2D eigenvalue weighted by Gasteiger charge is 2.09. The zero-order chi connectivity index (χ0) is 11.3. The number of carbonyl (C=O) groups is 1. The van der Waals surface area contributed by atoms with Crippen molar-refractivity contribution < 1.29 is 9.53 Å². The number of nitrogens with two attached hydrogens (primary N) is 1. The quantitative estimate of drug-likeness (QED) is 0.747. The molecule has 0 spiro atoms. The molecule has 0 aliphatic rings. The molecular weight excluding hydrogens is 192 g/mol. The van der Waals surface area contributed by atoms with Gasteiger partial charge in [0.2, 0.25) is 0 Å². The number of rotatable bonds is 5. The highest BCUT2D eigenvalue weighted by molar-refractivity contribution is 5.78. The first-order valence-corrected chi connectivity index (χ1v) is 4.83. The Kier molecular flexibility index (Phi) is 4.12. The molecular formula is C11H16N2O2. The monoisotopic (exact) mass is 208 g/mol. The lowest BCUT2D eigenvalue weighted by molar-refractivity contribution is -0.123. The van der Waals surface area contributed by atoms with Crippen LogP contribution in [-0.4, -0.2) is 19.1 Å². The molecule has 82 valence electrons. The second-order valence-corrected chi connectivity index (χ2v) is 3.34. The molecule has 0 heterocycles. The van der Waals surface area contributed by atoms with E-state index in [-0.39, 0.29) is 0 Å². The van der Waals surface area contributed by atoms with Crippen LogP contribution >= 0.6 is 0 Å². The molecule has 0 bridgehead atoms. The molecule has 0 aromatic heterocycles. The molecule has 0 radical (unpaired) electrons. The van der Waals surface area contributed by atoms with Gasteiger partial charge in [0.25, 0.3) is 5.91 Å². The van der Waals surface area contributed by atoms with Gasteiger partial charge in [0.1, 0.15) is 5.75 Å². The Labute approximate surface area is 89.4 Å². The summed E-state index contributed by atoms with van der Waals surface area (Å²) < 4.78 is 5.36. The Morgan fingerprint density at radius 1 is 1.60 bits per heavy atom. The maximum absolute atomic E-state index is 10.8. The summed E-state index contributed by atoms with van der Waals surface area (Å²) in [5.41, 5.74) is 6.21. The van der Waals surface area contributed by atoms with Crippen molar-refractivity contribution in [1.82, 2.24) is 5.32 Å². The lowest BCUT2D eigenvalue weighted by atomic mass is 10.2. The average molecular weight is 208 g/mol. The van der Waals surface area contributed by atoms with Crippen LogP contribution in [0.3, 0.4) is 0 Å². The van der Waals surface area contributed by atoms with E-state index >= 15 is 0 Å². The number of benzene rings is 1. The average Bonchev–Trinajstić information content (AvgIpc) is 2.18. The lowest BCUT2D eigenvalue weighted by Gasteiger charge is -2.11. The third-order valence-corrected chi connectivity index (χ3v) is 1.99. The van der Waals surface area contributed by atoms with Gasteiger partial charge in [-0.25, -0.2) is 0 Å². The van der Waals surface area contributed by atoms with E-state index in [1.165, 1.54) is 0 Å². The minimum Gasteiger partial charge on any atom is -0.481 e. The highest BCUT2D eigenvalue weighted by Crippen LogP contribution is 2.14. The number of nitrogens with one attached hydrogen (secondary N) is 1. The number of carbonyl (C=O) groups excluding carboxylic acids is 1. The standard InChI is InChI=1S/C11H16N2O2/c1-8(11(12)14)15-10-5-3-4-9(6-10)7-13-2/h3-6,8,13H,7H2,1-2H3,(H2,12,14). The van der Waals surface area contributed by atoms with Crippen LogP contribution in [0, 0.1) is 0 Å². The fourth-order valence-corrected chi connectivity index (χ4v) is 1.20. The molecule has 0 aliphatic heterocycles. The number of hydrogen-bond acceptors (Lipinski definition) is 3. The Morgan fingerprint density at radius 2 is 2.33 bits per heavy atom. The van der Waals surface area contributed by atoms with Crippen LogP contribution in [0.4, 0.5) is 0 Å². The van der Waals surface area contributed by atoms with Gasteiger partial charge in [0, 0.05) is 6.54 Å². The predicted molar refractivity (Wildman–Crippen MR) is 58.5 cm³/mol. The van der Waals surface area contributed by atoms with Crippen molar-refractivity contribution in [1.29, 1.82) is 0 Å². The third-order valence-electron chi connectivity index (χ3n) is 1.99. The summed E-state index contributed by atoms with van der Waals surface area (Å²) >= 11 is 0. The third kappa shape index (κ3) is 3.59. The number of ether oxygens (including phenoxy) is 1.